The summed E-state index contributed by atoms with van der Waals surface area (Å²) in [5.41, 5.74) is 0.119. The fourth-order valence-electron chi connectivity index (χ4n) is 3.40. The van der Waals surface area contributed by atoms with E-state index in [0.29, 0.717) is 38.0 Å². The number of thioether (sulfide) groups is 1. The van der Waals surface area contributed by atoms with Gasteiger partial charge in [0.2, 0.25) is 5.91 Å². The van der Waals surface area contributed by atoms with Crippen molar-refractivity contribution in [2.75, 3.05) is 11.9 Å². The molecule has 0 bridgehead atoms. The Balaban J connectivity index is 1.46. The minimum absolute atomic E-state index is 0.0339. The number of anilines is 1. The molecule has 1 aliphatic heterocycles. The molecule has 0 unspecified atom stereocenters. The van der Waals surface area contributed by atoms with Crippen LogP contribution in [0.5, 0.6) is 5.75 Å². The van der Waals surface area contributed by atoms with Crippen LogP contribution < -0.4 is 10.1 Å². The molecule has 1 heterocycles. The van der Waals surface area contributed by atoms with Crippen LogP contribution in [-0.4, -0.2) is 28.5 Å². The van der Waals surface area contributed by atoms with Gasteiger partial charge in [-0.1, -0.05) is 34.1 Å². The molecule has 12 heteroatoms. The zero-order valence-corrected chi connectivity index (χ0v) is 21.6. The Labute approximate surface area is 226 Å². The lowest BCUT2D eigenvalue weighted by Crippen LogP contribution is -2.36. The van der Waals surface area contributed by atoms with Crippen molar-refractivity contribution in [2.45, 2.75) is 12.8 Å². The number of nitrogens with zero attached hydrogens (tertiary/aromatic N) is 1. The zero-order valence-electron chi connectivity index (χ0n) is 19.2. The molecule has 0 atom stereocenters. The maximum absolute atomic E-state index is 13.1. The van der Waals surface area contributed by atoms with Gasteiger partial charge >= 0.3 is 6.18 Å². The topological polar surface area (TPSA) is 75.7 Å². The van der Waals surface area contributed by atoms with Crippen LogP contribution in [0.25, 0.3) is 6.08 Å². The van der Waals surface area contributed by atoms with Crippen LogP contribution in [0.1, 0.15) is 16.7 Å². The van der Waals surface area contributed by atoms with Crippen LogP contribution >= 0.6 is 27.7 Å². The molecule has 0 saturated carbocycles. The third kappa shape index (κ3) is 6.81. The van der Waals surface area contributed by atoms with Crippen LogP contribution in [0, 0.1) is 5.82 Å². The van der Waals surface area contributed by atoms with Gasteiger partial charge in [-0.05, 0) is 71.9 Å². The molecule has 0 spiro atoms. The van der Waals surface area contributed by atoms with Gasteiger partial charge in [0.1, 0.15) is 24.7 Å². The molecule has 0 aliphatic carbocycles. The molecule has 0 radical (unpaired) electrons. The highest BCUT2D eigenvalue weighted by atomic mass is 79.9. The van der Waals surface area contributed by atoms with E-state index in [4.69, 9.17) is 4.74 Å². The van der Waals surface area contributed by atoms with Gasteiger partial charge in [0.05, 0.1) is 10.5 Å². The summed E-state index contributed by atoms with van der Waals surface area (Å²) in [5.74, 6) is -1.55. The second kappa shape index (κ2) is 11.4. The summed E-state index contributed by atoms with van der Waals surface area (Å²) in [6.07, 6.45) is -3.15. The average molecular weight is 609 g/mol. The first-order valence-electron chi connectivity index (χ1n) is 10.9. The van der Waals surface area contributed by atoms with Crippen molar-refractivity contribution in [1.82, 2.24) is 4.90 Å². The minimum atomic E-state index is -4.59. The van der Waals surface area contributed by atoms with Crippen molar-refractivity contribution in [3.8, 4) is 5.75 Å². The number of hydrogen-bond donors (Lipinski definition) is 1. The standard InChI is InChI=1S/C26H17BrF4N2O4S/c27-18-6-9-21(37-14-15-4-7-19(28)8-5-15)16(10-18)11-22-24(35)33(25(36)38-22)13-23(34)32-20-3-1-2-17(12-20)26(29,30)31/h1-12H,13-14H2,(H,32,34)/b22-11-. The first-order valence-corrected chi connectivity index (χ1v) is 12.5. The molecule has 38 heavy (non-hydrogen) atoms. The molecule has 4 rings (SSSR count). The summed E-state index contributed by atoms with van der Waals surface area (Å²) in [6.45, 7) is -0.551. The summed E-state index contributed by atoms with van der Waals surface area (Å²) in [6, 6.07) is 14.8. The Morgan fingerprint density at radius 3 is 2.50 bits per heavy atom. The van der Waals surface area contributed by atoms with E-state index >= 15 is 0 Å². The summed E-state index contributed by atoms with van der Waals surface area (Å²) >= 11 is 3.97. The van der Waals surface area contributed by atoms with Crippen molar-refractivity contribution >= 4 is 56.5 Å². The first-order chi connectivity index (χ1) is 18.0. The fraction of sp³-hybridized carbons (Fsp3) is 0.115. The number of rotatable bonds is 7. The third-order valence-corrected chi connectivity index (χ3v) is 6.62. The number of nitrogens with one attached hydrogen (secondary N) is 1. The zero-order chi connectivity index (χ0) is 27.4. The van der Waals surface area contributed by atoms with E-state index in [9.17, 15) is 31.9 Å². The van der Waals surface area contributed by atoms with Crippen molar-refractivity contribution in [2.24, 2.45) is 0 Å². The van der Waals surface area contributed by atoms with Crippen molar-refractivity contribution < 1.29 is 36.7 Å². The Bertz CT molecular complexity index is 1430. The van der Waals surface area contributed by atoms with Gasteiger partial charge < -0.3 is 10.1 Å². The van der Waals surface area contributed by atoms with Crippen molar-refractivity contribution in [3.63, 3.8) is 0 Å². The molecule has 196 valence electrons. The molecule has 3 aromatic carbocycles. The molecule has 6 nitrogen and oxygen atoms in total. The quantitative estimate of drug-likeness (QED) is 0.234. The normalized spacial score (nSPS) is 14.8. The van der Waals surface area contributed by atoms with E-state index < -0.39 is 35.3 Å². The van der Waals surface area contributed by atoms with Gasteiger partial charge in [-0.3, -0.25) is 19.3 Å². The third-order valence-electron chi connectivity index (χ3n) is 5.21. The second-order valence-corrected chi connectivity index (χ2v) is 9.90. The van der Waals surface area contributed by atoms with Crippen LogP contribution in [0.4, 0.5) is 28.0 Å². The average Bonchev–Trinajstić information content (AvgIpc) is 3.11. The van der Waals surface area contributed by atoms with Crippen LogP contribution in [0.2, 0.25) is 0 Å². The van der Waals surface area contributed by atoms with E-state index in [-0.39, 0.29) is 23.0 Å². The molecule has 1 saturated heterocycles. The lowest BCUT2D eigenvalue weighted by Gasteiger charge is -2.13. The number of hydrogen-bond acceptors (Lipinski definition) is 5. The number of halogens is 5. The molecular formula is C26H17BrF4N2O4S. The van der Waals surface area contributed by atoms with Crippen LogP contribution in [-0.2, 0) is 22.4 Å². The predicted molar refractivity (Wildman–Crippen MR) is 138 cm³/mol. The summed E-state index contributed by atoms with van der Waals surface area (Å²) < 4.78 is 58.4. The Morgan fingerprint density at radius 1 is 1.05 bits per heavy atom. The van der Waals surface area contributed by atoms with E-state index in [2.05, 4.69) is 21.2 Å². The van der Waals surface area contributed by atoms with Gasteiger partial charge in [-0.2, -0.15) is 13.2 Å². The highest BCUT2D eigenvalue weighted by molar-refractivity contribution is 9.10. The maximum Gasteiger partial charge on any atom is 0.416 e. The van der Waals surface area contributed by atoms with Crippen LogP contribution in [0.3, 0.4) is 0 Å². The van der Waals surface area contributed by atoms with Gasteiger partial charge in [0.25, 0.3) is 11.1 Å². The van der Waals surface area contributed by atoms with E-state index in [0.717, 1.165) is 18.2 Å². The summed E-state index contributed by atoms with van der Waals surface area (Å²) in [7, 11) is 0. The van der Waals surface area contributed by atoms with Crippen LogP contribution in [0.15, 0.2) is 76.1 Å². The van der Waals surface area contributed by atoms with E-state index in [1.165, 1.54) is 24.3 Å². The first kappa shape index (κ1) is 27.4. The Kier molecular flexibility index (Phi) is 8.22. The molecular weight excluding hydrogens is 592 g/mol. The number of alkyl halides is 3. The number of carbonyl (C=O) groups is 3. The molecule has 0 aromatic heterocycles. The maximum atomic E-state index is 13.1. The molecule has 1 aliphatic rings. The minimum Gasteiger partial charge on any atom is -0.488 e. The number of carbonyl (C=O) groups excluding carboxylic acids is 3. The largest absolute Gasteiger partial charge is 0.488 e. The van der Waals surface area contributed by atoms with Crippen molar-refractivity contribution in [3.05, 3.63) is 98.6 Å². The lowest BCUT2D eigenvalue weighted by atomic mass is 10.1. The molecule has 3 amide bonds. The van der Waals surface area contributed by atoms with Gasteiger partial charge in [-0.15, -0.1) is 0 Å². The highest BCUT2D eigenvalue weighted by Crippen LogP contribution is 2.35. The van der Waals surface area contributed by atoms with Gasteiger partial charge in [0, 0.05) is 15.7 Å². The van der Waals surface area contributed by atoms with Gasteiger partial charge in [0.15, 0.2) is 0 Å². The number of ether oxygens (including phenoxy) is 1. The molecule has 1 N–H and O–H groups in total. The monoisotopic (exact) mass is 608 g/mol. The van der Waals surface area contributed by atoms with E-state index in [1.807, 2.05) is 0 Å². The Hall–Kier alpha value is -3.64. The Morgan fingerprint density at radius 2 is 1.79 bits per heavy atom. The predicted octanol–water partition coefficient (Wildman–Crippen LogP) is 6.86. The highest BCUT2D eigenvalue weighted by Gasteiger charge is 2.36. The lowest BCUT2D eigenvalue weighted by molar-refractivity contribution is -0.137. The number of amides is 3. The van der Waals surface area contributed by atoms with Crippen molar-refractivity contribution in [1.29, 1.82) is 0 Å². The fourth-order valence-corrected chi connectivity index (χ4v) is 4.61. The number of benzene rings is 3. The summed E-state index contributed by atoms with van der Waals surface area (Å²) in [4.78, 5) is 38.5. The second-order valence-electron chi connectivity index (χ2n) is 7.99. The summed E-state index contributed by atoms with van der Waals surface area (Å²) in [5, 5.41) is 1.57. The van der Waals surface area contributed by atoms with Gasteiger partial charge in [-0.25, -0.2) is 4.39 Å². The SMILES string of the molecule is O=C(CN1C(=O)S/C(=C\c2cc(Br)ccc2OCc2ccc(F)cc2)C1=O)Nc1cccc(C(F)(F)F)c1. The number of imide groups is 1. The van der Waals surface area contributed by atoms with E-state index in [1.54, 1.807) is 30.3 Å². The molecule has 1 fully saturated rings. The smallest absolute Gasteiger partial charge is 0.416 e. The molecule has 3 aromatic rings.